The van der Waals surface area contributed by atoms with Gasteiger partial charge in [0.15, 0.2) is 0 Å². The second kappa shape index (κ2) is 4.47. The van der Waals surface area contributed by atoms with E-state index in [-0.39, 0.29) is 10.6 Å². The maximum Gasteiger partial charge on any atom is 0.246 e. The molecule has 0 N–H and O–H groups in total. The minimum absolute atomic E-state index is 0.285. The molecule has 1 aromatic rings. The molecule has 0 atom stereocenters. The normalized spacial score (nSPS) is 16.2. The van der Waals surface area contributed by atoms with Crippen LogP contribution in [-0.4, -0.2) is 4.92 Å². The molecule has 0 amide bonds. The smallest absolute Gasteiger partial charge is 0.246 e. The van der Waals surface area contributed by atoms with Gasteiger partial charge in [-0.15, -0.1) is 0 Å². The Kier molecular flexibility index (Phi) is 3.04. The van der Waals surface area contributed by atoms with Crippen LogP contribution in [0.5, 0.6) is 0 Å². The first-order valence-electron chi connectivity index (χ1n) is 5.66. The number of hydrogen-bond acceptors (Lipinski definition) is 2. The van der Waals surface area contributed by atoms with Gasteiger partial charge in [0.2, 0.25) is 5.70 Å². The maximum atomic E-state index is 10.8. The van der Waals surface area contributed by atoms with E-state index >= 15 is 0 Å². The largest absolute Gasteiger partial charge is 0.259 e. The predicted molar refractivity (Wildman–Crippen MR) is 63.7 cm³/mol. The van der Waals surface area contributed by atoms with Crippen LogP contribution in [0.25, 0.3) is 6.08 Å². The summed E-state index contributed by atoms with van der Waals surface area (Å²) in [5, 5.41) is 10.8. The quantitative estimate of drug-likeness (QED) is 0.571. The van der Waals surface area contributed by atoms with E-state index in [1.54, 1.807) is 6.08 Å². The summed E-state index contributed by atoms with van der Waals surface area (Å²) in [5.41, 5.74) is 2.56. The lowest BCUT2D eigenvalue weighted by Gasteiger charge is -2.03. The molecule has 0 aliphatic heterocycles. The number of hydrogen-bond donors (Lipinski definition) is 0. The lowest BCUT2D eigenvalue weighted by Crippen LogP contribution is -1.97. The summed E-state index contributed by atoms with van der Waals surface area (Å²) in [5.74, 6) is 0.623. The standard InChI is InChI=1S/C13H15NO2/c1-2-12(14(15)16)9-11-5-3-4-6-13(11)10-7-8-10/h3-6,9-10H,2,7-8H2,1H3. The third kappa shape index (κ3) is 2.30. The van der Waals surface area contributed by atoms with E-state index in [9.17, 15) is 10.1 Å². The second-order valence-electron chi connectivity index (χ2n) is 4.15. The zero-order valence-corrected chi connectivity index (χ0v) is 9.35. The van der Waals surface area contributed by atoms with E-state index in [0.29, 0.717) is 12.3 Å². The lowest BCUT2D eigenvalue weighted by atomic mass is 10.0. The summed E-state index contributed by atoms with van der Waals surface area (Å²) >= 11 is 0. The Balaban J connectivity index is 2.35. The summed E-state index contributed by atoms with van der Waals surface area (Å²) in [6.45, 7) is 1.81. The van der Waals surface area contributed by atoms with Crippen molar-refractivity contribution in [1.29, 1.82) is 0 Å². The molecule has 1 aliphatic rings. The van der Waals surface area contributed by atoms with Crippen LogP contribution < -0.4 is 0 Å². The molecule has 0 saturated heterocycles. The summed E-state index contributed by atoms with van der Waals surface area (Å²) < 4.78 is 0. The molecule has 1 fully saturated rings. The summed E-state index contributed by atoms with van der Waals surface area (Å²) in [6.07, 6.45) is 4.61. The van der Waals surface area contributed by atoms with Gasteiger partial charge in [0, 0.05) is 12.5 Å². The Morgan fingerprint density at radius 3 is 2.75 bits per heavy atom. The van der Waals surface area contributed by atoms with Gasteiger partial charge in [-0.25, -0.2) is 0 Å². The van der Waals surface area contributed by atoms with Crippen molar-refractivity contribution in [3.05, 3.63) is 51.2 Å². The molecular formula is C13H15NO2. The van der Waals surface area contributed by atoms with Crippen molar-refractivity contribution in [2.45, 2.75) is 32.1 Å². The van der Waals surface area contributed by atoms with Crippen molar-refractivity contribution in [2.24, 2.45) is 0 Å². The molecule has 0 unspecified atom stereocenters. The molecule has 3 nitrogen and oxygen atoms in total. The Morgan fingerprint density at radius 1 is 1.50 bits per heavy atom. The Bertz CT molecular complexity index is 433. The first-order chi connectivity index (χ1) is 7.72. The van der Waals surface area contributed by atoms with Crippen molar-refractivity contribution in [1.82, 2.24) is 0 Å². The monoisotopic (exact) mass is 217 g/mol. The third-order valence-electron chi connectivity index (χ3n) is 2.93. The highest BCUT2D eigenvalue weighted by atomic mass is 16.6. The molecule has 0 radical (unpaired) electrons. The highest BCUT2D eigenvalue weighted by Crippen LogP contribution is 2.42. The van der Waals surface area contributed by atoms with E-state index in [2.05, 4.69) is 6.07 Å². The Morgan fingerprint density at radius 2 is 2.19 bits per heavy atom. The number of allylic oxidation sites excluding steroid dienone is 1. The van der Waals surface area contributed by atoms with Gasteiger partial charge in [0.25, 0.3) is 0 Å². The molecule has 1 aliphatic carbocycles. The first-order valence-corrected chi connectivity index (χ1v) is 5.66. The molecule has 3 heteroatoms. The molecule has 0 aromatic heterocycles. The average molecular weight is 217 g/mol. The van der Waals surface area contributed by atoms with Gasteiger partial charge in [0.05, 0.1) is 4.92 Å². The van der Waals surface area contributed by atoms with Gasteiger partial charge < -0.3 is 0 Å². The SMILES string of the molecule is CCC(=Cc1ccccc1C1CC1)[N+](=O)[O-]. The second-order valence-corrected chi connectivity index (χ2v) is 4.15. The highest BCUT2D eigenvalue weighted by Gasteiger charge is 2.25. The van der Waals surface area contributed by atoms with Gasteiger partial charge in [-0.1, -0.05) is 31.2 Å². The zero-order chi connectivity index (χ0) is 11.5. The van der Waals surface area contributed by atoms with Crippen LogP contribution >= 0.6 is 0 Å². The van der Waals surface area contributed by atoms with Gasteiger partial charge in [-0.05, 0) is 29.9 Å². The maximum absolute atomic E-state index is 10.8. The van der Waals surface area contributed by atoms with Gasteiger partial charge in [0.1, 0.15) is 0 Å². The van der Waals surface area contributed by atoms with Crippen LogP contribution in [0.1, 0.15) is 43.2 Å². The minimum Gasteiger partial charge on any atom is -0.259 e. The Labute approximate surface area is 94.9 Å². The van der Waals surface area contributed by atoms with Gasteiger partial charge in [-0.2, -0.15) is 0 Å². The van der Waals surface area contributed by atoms with Crippen LogP contribution in [0.15, 0.2) is 30.0 Å². The summed E-state index contributed by atoms with van der Waals surface area (Å²) in [7, 11) is 0. The fraction of sp³-hybridized carbons (Fsp3) is 0.385. The molecule has 0 bridgehead atoms. The molecule has 1 saturated carbocycles. The van der Waals surface area contributed by atoms with Gasteiger partial charge >= 0.3 is 0 Å². The van der Waals surface area contributed by atoms with Crippen LogP contribution in [0, 0.1) is 10.1 Å². The molecule has 0 heterocycles. The number of nitrogens with zero attached hydrogens (tertiary/aromatic N) is 1. The van der Waals surface area contributed by atoms with Crippen LogP contribution in [0.4, 0.5) is 0 Å². The summed E-state index contributed by atoms with van der Waals surface area (Å²) in [6, 6.07) is 7.98. The van der Waals surface area contributed by atoms with E-state index in [1.807, 2.05) is 25.1 Å². The topological polar surface area (TPSA) is 43.1 Å². The molecule has 16 heavy (non-hydrogen) atoms. The van der Waals surface area contributed by atoms with Crippen molar-refractivity contribution in [3.63, 3.8) is 0 Å². The van der Waals surface area contributed by atoms with Crippen LogP contribution in [0.2, 0.25) is 0 Å². The molecular weight excluding hydrogens is 202 g/mol. The minimum atomic E-state index is -0.288. The molecule has 0 spiro atoms. The van der Waals surface area contributed by atoms with Crippen molar-refractivity contribution >= 4 is 6.08 Å². The van der Waals surface area contributed by atoms with Gasteiger partial charge in [-0.3, -0.25) is 10.1 Å². The first kappa shape index (κ1) is 10.9. The number of benzene rings is 1. The van der Waals surface area contributed by atoms with Crippen molar-refractivity contribution in [2.75, 3.05) is 0 Å². The average Bonchev–Trinajstić information content (AvgIpc) is 3.09. The lowest BCUT2D eigenvalue weighted by molar-refractivity contribution is -0.425. The van der Waals surface area contributed by atoms with E-state index in [4.69, 9.17) is 0 Å². The number of nitro groups is 1. The van der Waals surface area contributed by atoms with Crippen molar-refractivity contribution < 1.29 is 4.92 Å². The van der Waals surface area contributed by atoms with Crippen LogP contribution in [-0.2, 0) is 0 Å². The molecule has 2 rings (SSSR count). The van der Waals surface area contributed by atoms with E-state index in [1.165, 1.54) is 18.4 Å². The third-order valence-corrected chi connectivity index (χ3v) is 2.93. The van der Waals surface area contributed by atoms with Crippen molar-refractivity contribution in [3.8, 4) is 0 Å². The summed E-state index contributed by atoms with van der Waals surface area (Å²) in [4.78, 5) is 10.5. The Hall–Kier alpha value is -1.64. The highest BCUT2D eigenvalue weighted by molar-refractivity contribution is 5.57. The molecule has 1 aromatic carbocycles. The fourth-order valence-corrected chi connectivity index (χ4v) is 1.87. The molecule has 84 valence electrons. The van der Waals surface area contributed by atoms with E-state index in [0.717, 1.165) is 5.56 Å². The van der Waals surface area contributed by atoms with Crippen LogP contribution in [0.3, 0.4) is 0 Å². The number of rotatable bonds is 4. The zero-order valence-electron chi connectivity index (χ0n) is 9.35. The van der Waals surface area contributed by atoms with E-state index < -0.39 is 0 Å². The fourth-order valence-electron chi connectivity index (χ4n) is 1.87. The predicted octanol–water partition coefficient (Wildman–Crippen LogP) is 3.59.